The summed E-state index contributed by atoms with van der Waals surface area (Å²) < 4.78 is 19.9. The number of ether oxygens (including phenoxy) is 1. The molecule has 0 saturated carbocycles. The first-order valence-corrected chi connectivity index (χ1v) is 7.45. The van der Waals surface area contributed by atoms with Crippen molar-refractivity contribution in [1.29, 1.82) is 0 Å². The summed E-state index contributed by atoms with van der Waals surface area (Å²) in [5, 5.41) is 0. The van der Waals surface area contributed by atoms with E-state index in [-0.39, 0.29) is 5.82 Å². The third kappa shape index (κ3) is 4.11. The average Bonchev–Trinajstić information content (AvgIpc) is 2.37. The second-order valence-electron chi connectivity index (χ2n) is 5.17. The Morgan fingerprint density at radius 2 is 2.26 bits per heavy atom. The number of aliphatic imine (C=N–C) groups is 1. The van der Waals surface area contributed by atoms with Gasteiger partial charge in [0.05, 0.1) is 18.4 Å². The molecule has 0 N–H and O–H groups in total. The van der Waals surface area contributed by atoms with Crippen LogP contribution >= 0.6 is 15.9 Å². The van der Waals surface area contributed by atoms with Gasteiger partial charge in [-0.1, -0.05) is 15.9 Å². The highest BCUT2D eigenvalue weighted by Crippen LogP contribution is 2.27. The second-order valence-corrected chi connectivity index (χ2v) is 6.08. The fourth-order valence-electron chi connectivity index (χ4n) is 2.19. The van der Waals surface area contributed by atoms with Gasteiger partial charge in [0, 0.05) is 16.3 Å². The monoisotopic (exact) mass is 327 g/mol. The Kier molecular flexibility index (Phi) is 5.11. The van der Waals surface area contributed by atoms with Gasteiger partial charge in [0.1, 0.15) is 5.82 Å². The van der Waals surface area contributed by atoms with Gasteiger partial charge >= 0.3 is 0 Å². The van der Waals surface area contributed by atoms with Crippen molar-refractivity contribution in [3.8, 4) is 0 Å². The molecule has 0 aliphatic carbocycles. The SMILES string of the molecule is Cc1c(F)cc(Br)cc1N=CC[C@H]1CC[C@@H](C)OC1. The van der Waals surface area contributed by atoms with Gasteiger partial charge in [-0.05, 0) is 51.2 Å². The maximum Gasteiger partial charge on any atom is 0.129 e. The molecule has 0 radical (unpaired) electrons. The van der Waals surface area contributed by atoms with Gasteiger partial charge < -0.3 is 4.74 Å². The standard InChI is InChI=1S/C15H19BrFNO/c1-10-3-4-12(9-19-10)5-6-18-15-8-13(16)7-14(17)11(15)2/h6-8,10,12H,3-5,9H2,1-2H3/t10-,12-/m1/s1. The van der Waals surface area contributed by atoms with Gasteiger partial charge in [0.15, 0.2) is 0 Å². The van der Waals surface area contributed by atoms with E-state index in [1.807, 2.05) is 12.3 Å². The quantitative estimate of drug-likeness (QED) is 0.730. The largest absolute Gasteiger partial charge is 0.378 e. The Labute approximate surface area is 122 Å². The lowest BCUT2D eigenvalue weighted by Gasteiger charge is -2.25. The highest BCUT2D eigenvalue weighted by atomic mass is 79.9. The Morgan fingerprint density at radius 1 is 1.47 bits per heavy atom. The molecule has 2 atom stereocenters. The van der Waals surface area contributed by atoms with E-state index in [0.717, 1.165) is 23.9 Å². The summed E-state index contributed by atoms with van der Waals surface area (Å²) in [5.41, 5.74) is 1.28. The third-order valence-corrected chi connectivity index (χ3v) is 4.01. The fraction of sp³-hybridized carbons (Fsp3) is 0.533. The van der Waals surface area contributed by atoms with Crippen LogP contribution in [0.25, 0.3) is 0 Å². The van der Waals surface area contributed by atoms with Gasteiger partial charge in [-0.2, -0.15) is 0 Å². The first-order valence-electron chi connectivity index (χ1n) is 6.66. The molecule has 1 aromatic carbocycles. The zero-order valence-corrected chi connectivity index (χ0v) is 12.9. The topological polar surface area (TPSA) is 21.6 Å². The van der Waals surface area contributed by atoms with Crippen LogP contribution < -0.4 is 0 Å². The molecule has 19 heavy (non-hydrogen) atoms. The van der Waals surface area contributed by atoms with Crippen LogP contribution in [0.5, 0.6) is 0 Å². The average molecular weight is 328 g/mol. The minimum atomic E-state index is -0.226. The molecule has 1 saturated heterocycles. The van der Waals surface area contributed by atoms with Crippen LogP contribution in [0.2, 0.25) is 0 Å². The van der Waals surface area contributed by atoms with Crippen molar-refractivity contribution in [2.45, 2.75) is 39.2 Å². The van der Waals surface area contributed by atoms with E-state index in [9.17, 15) is 4.39 Å². The molecule has 1 fully saturated rings. The molecular formula is C15H19BrFNO. The molecule has 1 heterocycles. The van der Waals surface area contributed by atoms with E-state index in [2.05, 4.69) is 27.8 Å². The molecule has 2 nitrogen and oxygen atoms in total. The highest BCUT2D eigenvalue weighted by molar-refractivity contribution is 9.10. The predicted octanol–water partition coefficient (Wildman–Crippen LogP) is 4.80. The minimum Gasteiger partial charge on any atom is -0.378 e. The number of hydrogen-bond acceptors (Lipinski definition) is 2. The van der Waals surface area contributed by atoms with Crippen molar-refractivity contribution in [1.82, 2.24) is 0 Å². The molecule has 0 aromatic heterocycles. The van der Waals surface area contributed by atoms with Gasteiger partial charge in [0.2, 0.25) is 0 Å². The third-order valence-electron chi connectivity index (χ3n) is 3.55. The summed E-state index contributed by atoms with van der Waals surface area (Å²) in [6.45, 7) is 4.66. The maximum absolute atomic E-state index is 13.5. The Morgan fingerprint density at radius 3 is 2.95 bits per heavy atom. The van der Waals surface area contributed by atoms with Crippen molar-refractivity contribution < 1.29 is 9.13 Å². The van der Waals surface area contributed by atoms with E-state index in [4.69, 9.17) is 4.74 Å². The fourth-order valence-corrected chi connectivity index (χ4v) is 2.61. The lowest BCUT2D eigenvalue weighted by Crippen LogP contribution is -2.23. The van der Waals surface area contributed by atoms with Gasteiger partial charge in [0.25, 0.3) is 0 Å². The van der Waals surface area contributed by atoms with Crippen LogP contribution in [-0.4, -0.2) is 18.9 Å². The van der Waals surface area contributed by atoms with Gasteiger partial charge in [-0.15, -0.1) is 0 Å². The molecule has 0 spiro atoms. The molecule has 1 aliphatic heterocycles. The summed E-state index contributed by atoms with van der Waals surface area (Å²) in [6, 6.07) is 3.30. The molecule has 1 aromatic rings. The molecule has 0 amide bonds. The first kappa shape index (κ1) is 14.7. The Bertz CT molecular complexity index is 467. The van der Waals surface area contributed by atoms with E-state index in [1.165, 1.54) is 12.5 Å². The number of hydrogen-bond donors (Lipinski definition) is 0. The lowest BCUT2D eigenvalue weighted by atomic mass is 9.96. The zero-order chi connectivity index (χ0) is 13.8. The highest BCUT2D eigenvalue weighted by Gasteiger charge is 2.17. The van der Waals surface area contributed by atoms with Crippen LogP contribution in [0.15, 0.2) is 21.6 Å². The summed E-state index contributed by atoms with van der Waals surface area (Å²) in [6.07, 6.45) is 5.45. The molecule has 104 valence electrons. The molecule has 4 heteroatoms. The molecule has 0 bridgehead atoms. The van der Waals surface area contributed by atoms with Crippen LogP contribution in [0.1, 0.15) is 31.7 Å². The van der Waals surface area contributed by atoms with Crippen LogP contribution in [0.4, 0.5) is 10.1 Å². The summed E-state index contributed by atoms with van der Waals surface area (Å²) in [4.78, 5) is 4.39. The van der Waals surface area contributed by atoms with Gasteiger partial charge in [-0.25, -0.2) is 4.39 Å². The van der Waals surface area contributed by atoms with Crippen LogP contribution in [-0.2, 0) is 4.74 Å². The van der Waals surface area contributed by atoms with E-state index in [1.54, 1.807) is 6.92 Å². The van der Waals surface area contributed by atoms with E-state index < -0.39 is 0 Å². The molecule has 0 unspecified atom stereocenters. The number of rotatable bonds is 3. The number of halogens is 2. The van der Waals surface area contributed by atoms with Crippen molar-refractivity contribution in [2.24, 2.45) is 10.9 Å². The van der Waals surface area contributed by atoms with Crippen molar-refractivity contribution >= 4 is 27.8 Å². The summed E-state index contributed by atoms with van der Waals surface area (Å²) >= 11 is 3.29. The second kappa shape index (κ2) is 6.62. The smallest absolute Gasteiger partial charge is 0.129 e. The molecule has 2 rings (SSSR count). The van der Waals surface area contributed by atoms with E-state index in [0.29, 0.717) is 23.3 Å². The van der Waals surface area contributed by atoms with Crippen molar-refractivity contribution in [3.63, 3.8) is 0 Å². The number of nitrogens with zero attached hydrogens (tertiary/aromatic N) is 1. The molecular weight excluding hydrogens is 309 g/mol. The summed E-state index contributed by atoms with van der Waals surface area (Å²) in [5.74, 6) is 0.314. The molecule has 1 aliphatic rings. The van der Waals surface area contributed by atoms with Crippen molar-refractivity contribution in [3.05, 3.63) is 28.0 Å². The van der Waals surface area contributed by atoms with Crippen LogP contribution in [0, 0.1) is 18.7 Å². The Hall–Kier alpha value is -0.740. The first-order chi connectivity index (χ1) is 9.06. The minimum absolute atomic E-state index is 0.226. The van der Waals surface area contributed by atoms with E-state index >= 15 is 0 Å². The van der Waals surface area contributed by atoms with Gasteiger partial charge in [-0.3, -0.25) is 4.99 Å². The normalized spacial score (nSPS) is 24.0. The zero-order valence-electron chi connectivity index (χ0n) is 11.3. The lowest BCUT2D eigenvalue weighted by molar-refractivity contribution is -0.00257. The predicted molar refractivity (Wildman–Crippen MR) is 79.7 cm³/mol. The van der Waals surface area contributed by atoms with Crippen LogP contribution in [0.3, 0.4) is 0 Å². The van der Waals surface area contributed by atoms with Crippen molar-refractivity contribution in [2.75, 3.05) is 6.61 Å². The summed E-state index contributed by atoms with van der Waals surface area (Å²) in [7, 11) is 0. The Balaban J connectivity index is 1.96. The number of benzene rings is 1. The maximum atomic E-state index is 13.5.